The van der Waals surface area contributed by atoms with E-state index in [2.05, 4.69) is 215 Å². The summed E-state index contributed by atoms with van der Waals surface area (Å²) in [6.45, 7) is 0. The van der Waals surface area contributed by atoms with Crippen LogP contribution >= 0.6 is 0 Å². The summed E-state index contributed by atoms with van der Waals surface area (Å²) in [5.41, 5.74) is 15.4. The molecule has 58 heavy (non-hydrogen) atoms. The number of fused-ring (bicyclic) bond motifs is 12. The summed E-state index contributed by atoms with van der Waals surface area (Å²) >= 11 is 0. The van der Waals surface area contributed by atoms with Gasteiger partial charge in [0.15, 0.2) is 0 Å². The number of rotatable bonds is 5. The largest absolute Gasteiger partial charge is 0.294 e. The van der Waals surface area contributed by atoms with Gasteiger partial charge in [0.1, 0.15) is 11.5 Å². The van der Waals surface area contributed by atoms with Crippen molar-refractivity contribution in [1.82, 2.24) is 18.9 Å². The van der Waals surface area contributed by atoms with Gasteiger partial charge in [-0.2, -0.15) is 0 Å². The van der Waals surface area contributed by atoms with Crippen molar-refractivity contribution in [2.75, 3.05) is 0 Å². The molecule has 4 heterocycles. The van der Waals surface area contributed by atoms with Crippen LogP contribution in [0.5, 0.6) is 0 Å². The molecule has 12 aromatic rings. The third kappa shape index (κ3) is 5.02. The van der Waals surface area contributed by atoms with Gasteiger partial charge in [-0.15, -0.1) is 0 Å². The molecule has 0 atom stereocenters. The first-order chi connectivity index (χ1) is 28.8. The summed E-state index contributed by atoms with van der Waals surface area (Å²) < 4.78 is 4.68. The molecule has 0 N–H and O–H groups in total. The second-order valence-corrected chi connectivity index (χ2v) is 15.0. The molecular weight excluding hydrogens is 705 g/mol. The first-order valence-corrected chi connectivity index (χ1v) is 19.7. The van der Waals surface area contributed by atoms with Gasteiger partial charge in [0.25, 0.3) is 0 Å². The van der Waals surface area contributed by atoms with E-state index < -0.39 is 0 Å². The molecule has 4 aromatic heterocycles. The first kappa shape index (κ1) is 32.4. The molecule has 0 spiro atoms. The van der Waals surface area contributed by atoms with Crippen LogP contribution in [0, 0.1) is 0 Å². The molecule has 4 heteroatoms. The molecule has 0 unspecified atom stereocenters. The lowest BCUT2D eigenvalue weighted by atomic mass is 9.98. The van der Waals surface area contributed by atoms with E-state index in [9.17, 15) is 0 Å². The van der Waals surface area contributed by atoms with Gasteiger partial charge in [0, 0.05) is 32.5 Å². The van der Waals surface area contributed by atoms with Crippen LogP contribution in [-0.2, 0) is 0 Å². The highest BCUT2D eigenvalue weighted by Gasteiger charge is 2.21. The molecule has 0 saturated heterocycles. The van der Waals surface area contributed by atoms with Crippen LogP contribution in [0.3, 0.4) is 0 Å². The maximum Gasteiger partial charge on any atom is 0.146 e. The Morgan fingerprint density at radius 2 is 0.828 bits per heavy atom. The molecular formula is C54H34N4. The van der Waals surface area contributed by atoms with Crippen LogP contribution in [-0.4, -0.2) is 18.9 Å². The third-order valence-corrected chi connectivity index (χ3v) is 11.7. The monoisotopic (exact) mass is 738 g/mol. The van der Waals surface area contributed by atoms with Crippen LogP contribution in [0.25, 0.3) is 111 Å². The zero-order chi connectivity index (χ0) is 38.2. The zero-order valence-corrected chi connectivity index (χ0v) is 31.4. The Balaban J connectivity index is 1.12. The molecule has 0 bridgehead atoms. The lowest BCUT2D eigenvalue weighted by Crippen LogP contribution is -2.00. The molecule has 0 fully saturated rings. The van der Waals surface area contributed by atoms with Crippen molar-refractivity contribution in [3.05, 3.63) is 206 Å². The van der Waals surface area contributed by atoms with Crippen molar-refractivity contribution < 1.29 is 0 Å². The maximum absolute atomic E-state index is 5.51. The zero-order valence-electron chi connectivity index (χ0n) is 31.4. The standard InChI is InChI=1S/C54H34N4/c1-3-13-35(14-4-1)37-23-25-39(26-24-37)41-33-46(40-29-27-38(28-30-40)36-15-5-2-6-16-36)55-51(34-41)57-47-20-10-8-18-43(47)53-50(57)32-31-44-52(53)42-17-7-11-21-48(42)58-49-22-12-9-19-45(49)56-54(44)58/h1-34H. The van der Waals surface area contributed by atoms with Gasteiger partial charge >= 0.3 is 0 Å². The van der Waals surface area contributed by atoms with Gasteiger partial charge in [0.2, 0.25) is 0 Å². The average molecular weight is 739 g/mol. The Hall–Kier alpha value is -7.82. The second-order valence-electron chi connectivity index (χ2n) is 15.0. The summed E-state index contributed by atoms with van der Waals surface area (Å²) in [6, 6.07) is 73.7. The Bertz CT molecular complexity index is 3420. The van der Waals surface area contributed by atoms with Crippen molar-refractivity contribution >= 4 is 60.2 Å². The van der Waals surface area contributed by atoms with Crippen molar-refractivity contribution in [2.24, 2.45) is 0 Å². The van der Waals surface area contributed by atoms with Gasteiger partial charge in [-0.05, 0) is 81.9 Å². The number of hydrogen-bond acceptors (Lipinski definition) is 2. The third-order valence-electron chi connectivity index (χ3n) is 11.7. The second kappa shape index (κ2) is 12.9. The molecule has 0 aliphatic carbocycles. The Morgan fingerprint density at radius 3 is 1.50 bits per heavy atom. The van der Waals surface area contributed by atoms with Crippen molar-refractivity contribution in [2.45, 2.75) is 0 Å². The van der Waals surface area contributed by atoms with E-state index in [0.717, 1.165) is 66.8 Å². The topological polar surface area (TPSA) is 35.1 Å². The smallest absolute Gasteiger partial charge is 0.146 e. The SMILES string of the molecule is c1ccc(-c2ccc(-c3cc(-c4ccc(-c5ccccc5)cc4)nc(-n4c5ccccc5c5c6c7ccccc7n7c8ccccc8nc7c6ccc54)c3)cc2)cc1. The fourth-order valence-corrected chi connectivity index (χ4v) is 9.00. The molecule has 0 radical (unpaired) electrons. The maximum atomic E-state index is 5.51. The highest BCUT2D eigenvalue weighted by molar-refractivity contribution is 6.30. The number of benzene rings is 8. The Kier molecular flexibility index (Phi) is 7.20. The summed E-state index contributed by atoms with van der Waals surface area (Å²) in [5, 5.41) is 5.91. The minimum Gasteiger partial charge on any atom is -0.294 e. The lowest BCUT2D eigenvalue weighted by molar-refractivity contribution is 1.08. The molecule has 0 amide bonds. The lowest BCUT2D eigenvalue weighted by Gasteiger charge is -2.14. The molecule has 0 aliphatic heterocycles. The normalized spacial score (nSPS) is 11.8. The fraction of sp³-hybridized carbons (Fsp3) is 0. The number of pyridine rings is 2. The molecule has 0 saturated carbocycles. The highest BCUT2D eigenvalue weighted by atomic mass is 15.1. The van der Waals surface area contributed by atoms with Crippen LogP contribution in [0.4, 0.5) is 0 Å². The Labute approximate surface area is 334 Å². The number of imidazole rings is 1. The van der Waals surface area contributed by atoms with Gasteiger partial charge < -0.3 is 0 Å². The van der Waals surface area contributed by atoms with Crippen molar-refractivity contribution in [1.29, 1.82) is 0 Å². The minimum absolute atomic E-state index is 0.870. The predicted octanol–water partition coefficient (Wildman–Crippen LogP) is 14.0. The van der Waals surface area contributed by atoms with Crippen molar-refractivity contribution in [3.63, 3.8) is 0 Å². The molecule has 12 rings (SSSR count). The van der Waals surface area contributed by atoms with Gasteiger partial charge in [-0.25, -0.2) is 9.97 Å². The Morgan fingerprint density at radius 1 is 0.310 bits per heavy atom. The van der Waals surface area contributed by atoms with Crippen molar-refractivity contribution in [3.8, 4) is 50.5 Å². The minimum atomic E-state index is 0.870. The van der Waals surface area contributed by atoms with Gasteiger partial charge in [0.05, 0.1) is 33.3 Å². The number of nitrogens with zero attached hydrogens (tertiary/aromatic N) is 4. The van der Waals surface area contributed by atoms with Crippen LogP contribution < -0.4 is 0 Å². The van der Waals surface area contributed by atoms with Crippen LogP contribution in [0.1, 0.15) is 0 Å². The van der Waals surface area contributed by atoms with E-state index in [1.807, 2.05) is 0 Å². The molecule has 8 aromatic carbocycles. The van der Waals surface area contributed by atoms with E-state index in [-0.39, 0.29) is 0 Å². The number of para-hydroxylation sites is 4. The van der Waals surface area contributed by atoms with Gasteiger partial charge in [-0.1, -0.05) is 158 Å². The summed E-state index contributed by atoms with van der Waals surface area (Å²) in [6.07, 6.45) is 0. The average Bonchev–Trinajstić information content (AvgIpc) is 3.86. The van der Waals surface area contributed by atoms with E-state index in [4.69, 9.17) is 9.97 Å². The quantitative estimate of drug-likeness (QED) is 0.165. The van der Waals surface area contributed by atoms with E-state index in [1.54, 1.807) is 0 Å². The molecule has 270 valence electrons. The predicted molar refractivity (Wildman–Crippen MR) is 242 cm³/mol. The molecule has 4 nitrogen and oxygen atoms in total. The van der Waals surface area contributed by atoms with E-state index in [1.165, 1.54) is 43.8 Å². The summed E-state index contributed by atoms with van der Waals surface area (Å²) in [5.74, 6) is 0.870. The number of hydrogen-bond donors (Lipinski definition) is 0. The summed E-state index contributed by atoms with van der Waals surface area (Å²) in [7, 11) is 0. The molecule has 0 aliphatic rings. The van der Waals surface area contributed by atoms with Gasteiger partial charge in [-0.3, -0.25) is 8.97 Å². The summed E-state index contributed by atoms with van der Waals surface area (Å²) in [4.78, 5) is 10.7. The van der Waals surface area contributed by atoms with E-state index >= 15 is 0 Å². The van der Waals surface area contributed by atoms with Crippen LogP contribution in [0.2, 0.25) is 0 Å². The highest BCUT2D eigenvalue weighted by Crippen LogP contribution is 2.42. The first-order valence-electron chi connectivity index (χ1n) is 19.7. The fourth-order valence-electron chi connectivity index (χ4n) is 9.00. The number of aromatic nitrogens is 4. The van der Waals surface area contributed by atoms with Crippen LogP contribution in [0.15, 0.2) is 206 Å². The van der Waals surface area contributed by atoms with E-state index in [0.29, 0.717) is 0 Å².